The summed E-state index contributed by atoms with van der Waals surface area (Å²) in [5, 5.41) is 1.72. The minimum Gasteiger partial charge on any atom is -0.496 e. The molecule has 3 aromatic rings. The molecule has 0 spiro atoms. The third-order valence-electron chi connectivity index (χ3n) is 5.23. The van der Waals surface area contributed by atoms with Gasteiger partial charge in [-0.15, -0.1) is 0 Å². The molecule has 6 heteroatoms. The molecule has 3 aromatic carbocycles. The van der Waals surface area contributed by atoms with Crippen LogP contribution in [0.4, 0.5) is 0 Å². The maximum absolute atomic E-state index is 11.7. The summed E-state index contributed by atoms with van der Waals surface area (Å²) in [6.45, 7) is 2.40. The molecule has 0 amide bonds. The number of fused-ring (bicyclic) bond motifs is 1. The molecule has 0 aliphatic heterocycles. The van der Waals surface area contributed by atoms with E-state index in [0.29, 0.717) is 43.3 Å². The molecule has 1 unspecified atom stereocenters. The highest BCUT2D eigenvalue weighted by molar-refractivity contribution is 5.99. The third kappa shape index (κ3) is 5.71. The van der Waals surface area contributed by atoms with Crippen LogP contribution in [0.2, 0.25) is 0 Å². The molecule has 170 valence electrons. The first kappa shape index (κ1) is 23.4. The fourth-order valence-electron chi connectivity index (χ4n) is 3.83. The van der Waals surface area contributed by atoms with Crippen LogP contribution in [-0.2, 0) is 27.3 Å². The zero-order valence-electron chi connectivity index (χ0n) is 19.1. The second-order valence-corrected chi connectivity index (χ2v) is 7.42. The second kappa shape index (κ2) is 11.4. The second-order valence-electron chi connectivity index (χ2n) is 7.42. The average molecular weight is 439 g/mol. The quantitative estimate of drug-likeness (QED) is 0.312. The minimum absolute atomic E-state index is 0.327. The fraction of sp³-hybridized carbons (Fsp3) is 0.346. The van der Waals surface area contributed by atoms with Gasteiger partial charge >= 0.3 is 5.97 Å². The summed E-state index contributed by atoms with van der Waals surface area (Å²) >= 11 is 0. The number of esters is 1. The molecule has 0 aliphatic rings. The summed E-state index contributed by atoms with van der Waals surface area (Å²) in [7, 11) is 4.88. The molecular formula is C26H30O6. The number of hydrogen-bond acceptors (Lipinski definition) is 6. The van der Waals surface area contributed by atoms with Crippen LogP contribution in [0.3, 0.4) is 0 Å². The topological polar surface area (TPSA) is 63.2 Å². The lowest BCUT2D eigenvalue weighted by molar-refractivity contribution is -0.147. The highest BCUT2D eigenvalue weighted by Crippen LogP contribution is 2.42. The lowest BCUT2D eigenvalue weighted by atomic mass is 9.98. The van der Waals surface area contributed by atoms with Gasteiger partial charge in [-0.25, -0.2) is 0 Å². The van der Waals surface area contributed by atoms with Crippen molar-refractivity contribution in [2.75, 3.05) is 27.9 Å². The van der Waals surface area contributed by atoms with Gasteiger partial charge < -0.3 is 23.7 Å². The van der Waals surface area contributed by atoms with Crippen molar-refractivity contribution in [2.24, 2.45) is 0 Å². The van der Waals surface area contributed by atoms with Gasteiger partial charge in [-0.1, -0.05) is 42.5 Å². The van der Waals surface area contributed by atoms with Gasteiger partial charge in [-0.2, -0.15) is 0 Å². The molecule has 3 rings (SSSR count). The van der Waals surface area contributed by atoms with E-state index in [0.717, 1.165) is 21.9 Å². The molecule has 0 bridgehead atoms. The zero-order valence-corrected chi connectivity index (χ0v) is 19.1. The van der Waals surface area contributed by atoms with Crippen molar-refractivity contribution < 1.29 is 28.5 Å². The van der Waals surface area contributed by atoms with Crippen molar-refractivity contribution in [3.05, 3.63) is 65.7 Å². The largest absolute Gasteiger partial charge is 0.496 e. The van der Waals surface area contributed by atoms with Crippen LogP contribution in [-0.4, -0.2) is 40.0 Å². The lowest BCUT2D eigenvalue weighted by Gasteiger charge is -2.21. The lowest BCUT2D eigenvalue weighted by Crippen LogP contribution is -2.21. The van der Waals surface area contributed by atoms with E-state index in [1.807, 2.05) is 54.6 Å². The highest BCUT2D eigenvalue weighted by atomic mass is 16.5. The molecule has 0 aliphatic carbocycles. The molecule has 1 atom stereocenters. The molecule has 0 saturated carbocycles. The Morgan fingerprint density at radius 2 is 1.66 bits per heavy atom. The molecule has 6 nitrogen and oxygen atoms in total. The van der Waals surface area contributed by atoms with Crippen LogP contribution in [0, 0.1) is 0 Å². The van der Waals surface area contributed by atoms with E-state index in [-0.39, 0.29) is 12.1 Å². The molecule has 32 heavy (non-hydrogen) atoms. The van der Waals surface area contributed by atoms with Crippen molar-refractivity contribution in [1.29, 1.82) is 0 Å². The van der Waals surface area contributed by atoms with Gasteiger partial charge in [0, 0.05) is 30.7 Å². The predicted molar refractivity (Wildman–Crippen MR) is 124 cm³/mol. The summed E-state index contributed by atoms with van der Waals surface area (Å²) in [4.78, 5) is 11.7. The summed E-state index contributed by atoms with van der Waals surface area (Å²) in [6, 6.07) is 17.7. The maximum Gasteiger partial charge on any atom is 0.302 e. The van der Waals surface area contributed by atoms with E-state index in [9.17, 15) is 4.79 Å². The van der Waals surface area contributed by atoms with E-state index in [2.05, 4.69) is 0 Å². The normalized spacial score (nSPS) is 11.8. The summed E-state index contributed by atoms with van der Waals surface area (Å²) in [5.74, 6) is 1.76. The average Bonchev–Trinajstić information content (AvgIpc) is 2.81. The number of methoxy groups -OCH3 is 3. The Morgan fingerprint density at radius 1 is 0.906 bits per heavy atom. The van der Waals surface area contributed by atoms with Crippen LogP contribution in [0.25, 0.3) is 10.8 Å². The van der Waals surface area contributed by atoms with Gasteiger partial charge in [-0.3, -0.25) is 4.79 Å². The van der Waals surface area contributed by atoms with E-state index < -0.39 is 0 Å². The van der Waals surface area contributed by atoms with Gasteiger partial charge in [0.05, 0.1) is 39.9 Å². The number of carbonyl (C=O) groups is 1. The van der Waals surface area contributed by atoms with Crippen molar-refractivity contribution >= 4 is 16.7 Å². The number of carbonyl (C=O) groups excluding carboxylic acids is 1. The van der Waals surface area contributed by atoms with Crippen LogP contribution in [0.1, 0.15) is 24.5 Å². The van der Waals surface area contributed by atoms with Crippen LogP contribution in [0.15, 0.2) is 54.6 Å². The first-order valence-corrected chi connectivity index (χ1v) is 10.6. The predicted octanol–water partition coefficient (Wildman–Crippen LogP) is 4.95. The Labute approximate surface area is 189 Å². The summed E-state index contributed by atoms with van der Waals surface area (Å²) < 4.78 is 28.3. The van der Waals surface area contributed by atoms with Crippen molar-refractivity contribution in [3.63, 3.8) is 0 Å². The van der Waals surface area contributed by atoms with E-state index in [4.69, 9.17) is 23.7 Å². The van der Waals surface area contributed by atoms with Gasteiger partial charge in [0.2, 0.25) is 0 Å². The van der Waals surface area contributed by atoms with E-state index in [1.54, 1.807) is 21.3 Å². The van der Waals surface area contributed by atoms with Gasteiger partial charge in [0.1, 0.15) is 23.4 Å². The first-order chi connectivity index (χ1) is 15.6. The van der Waals surface area contributed by atoms with Gasteiger partial charge in [0.15, 0.2) is 0 Å². The number of rotatable bonds is 11. The Hall–Kier alpha value is -3.25. The third-order valence-corrected chi connectivity index (χ3v) is 5.23. The molecule has 0 fully saturated rings. The fourth-order valence-corrected chi connectivity index (χ4v) is 3.83. The van der Waals surface area contributed by atoms with Crippen LogP contribution < -0.4 is 14.2 Å². The first-order valence-electron chi connectivity index (χ1n) is 10.6. The molecule has 0 heterocycles. The highest BCUT2D eigenvalue weighted by Gasteiger charge is 2.21. The number of benzene rings is 3. The molecule has 0 aromatic heterocycles. The minimum atomic E-state index is -0.357. The Kier molecular flexibility index (Phi) is 8.34. The van der Waals surface area contributed by atoms with Crippen molar-refractivity contribution in [2.45, 2.75) is 32.5 Å². The smallest absolute Gasteiger partial charge is 0.302 e. The molecule has 0 N–H and O–H groups in total. The van der Waals surface area contributed by atoms with Gasteiger partial charge in [0.25, 0.3) is 0 Å². The standard InChI is InChI=1S/C26H30O6/c1-18(27)32-21(13-14-31-17-19-9-6-5-7-10-19)15-20-16-24(29-3)25-22(26(20)30-4)11-8-12-23(25)28-2/h5-12,16,21H,13-15,17H2,1-4H3. The number of hydrogen-bond donors (Lipinski definition) is 0. The van der Waals surface area contributed by atoms with Crippen LogP contribution in [0.5, 0.6) is 17.2 Å². The molecule has 0 saturated heterocycles. The van der Waals surface area contributed by atoms with Gasteiger partial charge in [-0.05, 0) is 17.7 Å². The summed E-state index contributed by atoms with van der Waals surface area (Å²) in [5.41, 5.74) is 1.99. The van der Waals surface area contributed by atoms with E-state index in [1.165, 1.54) is 6.92 Å². The number of ether oxygens (including phenoxy) is 5. The van der Waals surface area contributed by atoms with E-state index >= 15 is 0 Å². The van der Waals surface area contributed by atoms with Crippen molar-refractivity contribution in [1.82, 2.24) is 0 Å². The zero-order chi connectivity index (χ0) is 22.9. The Morgan fingerprint density at radius 3 is 2.31 bits per heavy atom. The van der Waals surface area contributed by atoms with Crippen molar-refractivity contribution in [3.8, 4) is 17.2 Å². The SMILES string of the molecule is COc1c(CC(CCOCc2ccccc2)OC(C)=O)cc(OC)c2c(OC)cccc12. The Balaban J connectivity index is 1.81. The maximum atomic E-state index is 11.7. The monoisotopic (exact) mass is 438 g/mol. The molecular weight excluding hydrogens is 408 g/mol. The summed E-state index contributed by atoms with van der Waals surface area (Å²) in [6.07, 6.45) is 0.680. The Bertz CT molecular complexity index is 1030. The molecule has 0 radical (unpaired) electrons. The van der Waals surface area contributed by atoms with Crippen LogP contribution >= 0.6 is 0 Å².